The zero-order valence-electron chi connectivity index (χ0n) is 11.8. The van der Waals surface area contributed by atoms with Crippen LogP contribution in [0.5, 0.6) is 0 Å². The zero-order chi connectivity index (χ0) is 15.5. The monoisotopic (exact) mass is 310 g/mol. The van der Waals surface area contributed by atoms with Crippen LogP contribution in [0.4, 0.5) is 0 Å². The van der Waals surface area contributed by atoms with Crippen LogP contribution in [0.25, 0.3) is 0 Å². The summed E-state index contributed by atoms with van der Waals surface area (Å²) in [5.74, 6) is -0.588. The molecule has 1 heterocycles. The van der Waals surface area contributed by atoms with E-state index in [2.05, 4.69) is 5.32 Å². The summed E-state index contributed by atoms with van der Waals surface area (Å²) < 4.78 is 24.8. The minimum Gasteiger partial charge on any atom is -0.352 e. The molecule has 0 bridgehead atoms. The van der Waals surface area contributed by atoms with Crippen molar-refractivity contribution in [3.05, 3.63) is 35.4 Å². The Hall–Kier alpha value is -1.89. The number of carbonyl (C=O) groups excluding carboxylic acids is 2. The highest BCUT2D eigenvalue weighted by molar-refractivity contribution is 7.89. The van der Waals surface area contributed by atoms with Gasteiger partial charge in [-0.1, -0.05) is 12.1 Å². The standard InChI is InChI=1S/C14H18N2O4S/c1-11(17)15-10-12-4-6-13(7-5-12)14(18)16-8-2-3-9-21(16,19)20/h4-7H,2-3,8-10H2,1H3,(H,15,17). The minimum absolute atomic E-state index is 0.0271. The molecule has 1 aromatic rings. The van der Waals surface area contributed by atoms with E-state index in [1.807, 2.05) is 0 Å². The third kappa shape index (κ3) is 3.81. The zero-order valence-corrected chi connectivity index (χ0v) is 12.6. The van der Waals surface area contributed by atoms with Crippen LogP contribution in [-0.4, -0.2) is 36.8 Å². The van der Waals surface area contributed by atoms with Crippen molar-refractivity contribution in [2.24, 2.45) is 0 Å². The SMILES string of the molecule is CC(=O)NCc1ccc(C(=O)N2CCCCS2(=O)=O)cc1. The molecule has 6 nitrogen and oxygen atoms in total. The lowest BCUT2D eigenvalue weighted by atomic mass is 10.1. The van der Waals surface area contributed by atoms with Gasteiger partial charge >= 0.3 is 0 Å². The molecule has 0 spiro atoms. The molecule has 2 rings (SSSR count). The molecule has 1 aliphatic rings. The van der Waals surface area contributed by atoms with Gasteiger partial charge in [0.25, 0.3) is 5.91 Å². The van der Waals surface area contributed by atoms with Gasteiger partial charge in [-0.05, 0) is 30.5 Å². The third-order valence-corrected chi connectivity index (χ3v) is 5.14. The molecule has 0 radical (unpaired) electrons. The molecule has 1 fully saturated rings. The number of amides is 2. The smallest absolute Gasteiger partial charge is 0.267 e. The van der Waals surface area contributed by atoms with E-state index >= 15 is 0 Å². The van der Waals surface area contributed by atoms with Crippen LogP contribution >= 0.6 is 0 Å². The fraction of sp³-hybridized carbons (Fsp3) is 0.429. The van der Waals surface area contributed by atoms with Gasteiger partial charge in [-0.15, -0.1) is 0 Å². The Morgan fingerprint density at radius 2 is 1.86 bits per heavy atom. The van der Waals surface area contributed by atoms with Gasteiger partial charge < -0.3 is 5.32 Å². The molecule has 0 unspecified atom stereocenters. The maximum Gasteiger partial charge on any atom is 0.267 e. The van der Waals surface area contributed by atoms with E-state index in [0.29, 0.717) is 24.9 Å². The van der Waals surface area contributed by atoms with Gasteiger partial charge in [0.1, 0.15) is 0 Å². The Balaban J connectivity index is 2.11. The Bertz CT molecular complexity index is 637. The lowest BCUT2D eigenvalue weighted by Gasteiger charge is -2.26. The average Bonchev–Trinajstić information content (AvgIpc) is 2.44. The van der Waals surface area contributed by atoms with Crippen LogP contribution < -0.4 is 5.32 Å². The third-order valence-electron chi connectivity index (χ3n) is 3.32. The number of sulfonamides is 1. The summed E-state index contributed by atoms with van der Waals surface area (Å²) in [7, 11) is -3.48. The van der Waals surface area contributed by atoms with Crippen molar-refractivity contribution in [1.82, 2.24) is 9.62 Å². The van der Waals surface area contributed by atoms with E-state index in [-0.39, 0.29) is 18.2 Å². The van der Waals surface area contributed by atoms with Gasteiger partial charge in [0.05, 0.1) is 5.75 Å². The first-order valence-electron chi connectivity index (χ1n) is 6.78. The first-order valence-corrected chi connectivity index (χ1v) is 8.39. The topological polar surface area (TPSA) is 83.6 Å². The number of nitrogens with one attached hydrogen (secondary N) is 1. The second-order valence-corrected chi connectivity index (χ2v) is 7.02. The molecule has 1 aromatic carbocycles. The van der Waals surface area contributed by atoms with E-state index in [1.165, 1.54) is 6.92 Å². The van der Waals surface area contributed by atoms with Crippen LogP contribution in [0, 0.1) is 0 Å². The van der Waals surface area contributed by atoms with E-state index in [4.69, 9.17) is 0 Å². The first-order chi connectivity index (χ1) is 9.90. The molecular weight excluding hydrogens is 292 g/mol. The highest BCUT2D eigenvalue weighted by atomic mass is 32.2. The van der Waals surface area contributed by atoms with Gasteiger partial charge in [0.2, 0.25) is 15.9 Å². The molecule has 7 heteroatoms. The summed E-state index contributed by atoms with van der Waals surface area (Å²) in [6.45, 7) is 2.06. The quantitative estimate of drug-likeness (QED) is 0.898. The first kappa shape index (κ1) is 15.5. The fourth-order valence-corrected chi connectivity index (χ4v) is 3.71. The summed E-state index contributed by atoms with van der Waals surface area (Å²) in [6.07, 6.45) is 1.30. The van der Waals surface area contributed by atoms with Crippen LogP contribution in [0.2, 0.25) is 0 Å². The van der Waals surface area contributed by atoms with Crippen molar-refractivity contribution >= 4 is 21.8 Å². The lowest BCUT2D eigenvalue weighted by molar-refractivity contribution is -0.119. The number of rotatable bonds is 3. The number of hydrogen-bond donors (Lipinski definition) is 1. The van der Waals surface area contributed by atoms with Crippen molar-refractivity contribution < 1.29 is 18.0 Å². The van der Waals surface area contributed by atoms with E-state index in [0.717, 1.165) is 9.87 Å². The Kier molecular flexibility index (Phi) is 4.62. The molecule has 21 heavy (non-hydrogen) atoms. The molecular formula is C14H18N2O4S. The van der Waals surface area contributed by atoms with Gasteiger partial charge in [-0.3, -0.25) is 9.59 Å². The van der Waals surface area contributed by atoms with Crippen LogP contribution in [0.15, 0.2) is 24.3 Å². The molecule has 0 saturated carbocycles. The molecule has 1 N–H and O–H groups in total. The predicted molar refractivity (Wildman–Crippen MR) is 78.0 cm³/mol. The Morgan fingerprint density at radius 1 is 1.19 bits per heavy atom. The Morgan fingerprint density at radius 3 is 2.43 bits per heavy atom. The largest absolute Gasteiger partial charge is 0.352 e. The number of benzene rings is 1. The molecule has 0 atom stereocenters. The molecule has 2 amide bonds. The summed E-state index contributed by atoms with van der Waals surface area (Å²) in [4.78, 5) is 23.1. The summed E-state index contributed by atoms with van der Waals surface area (Å²) in [5.41, 5.74) is 1.19. The number of carbonyl (C=O) groups is 2. The van der Waals surface area contributed by atoms with Crippen molar-refractivity contribution in [1.29, 1.82) is 0 Å². The van der Waals surface area contributed by atoms with E-state index in [9.17, 15) is 18.0 Å². The molecule has 114 valence electrons. The number of hydrogen-bond acceptors (Lipinski definition) is 4. The maximum absolute atomic E-state index is 12.3. The Labute approximate surface area is 124 Å². The average molecular weight is 310 g/mol. The lowest BCUT2D eigenvalue weighted by Crippen LogP contribution is -2.42. The number of nitrogens with zero attached hydrogens (tertiary/aromatic N) is 1. The molecule has 0 aliphatic carbocycles. The van der Waals surface area contributed by atoms with Gasteiger partial charge in [-0.25, -0.2) is 12.7 Å². The van der Waals surface area contributed by atoms with Crippen molar-refractivity contribution in [2.75, 3.05) is 12.3 Å². The van der Waals surface area contributed by atoms with Gasteiger partial charge in [-0.2, -0.15) is 0 Å². The summed E-state index contributed by atoms with van der Waals surface area (Å²) >= 11 is 0. The second kappa shape index (κ2) is 6.26. The van der Waals surface area contributed by atoms with Crippen LogP contribution in [0.1, 0.15) is 35.7 Å². The highest BCUT2D eigenvalue weighted by Crippen LogP contribution is 2.17. The molecule has 0 aromatic heterocycles. The molecule has 1 aliphatic heterocycles. The van der Waals surface area contributed by atoms with E-state index < -0.39 is 15.9 Å². The van der Waals surface area contributed by atoms with Crippen molar-refractivity contribution in [3.63, 3.8) is 0 Å². The summed E-state index contributed by atoms with van der Waals surface area (Å²) in [5, 5.41) is 2.66. The van der Waals surface area contributed by atoms with Crippen molar-refractivity contribution in [3.8, 4) is 0 Å². The van der Waals surface area contributed by atoms with Gasteiger partial charge in [0, 0.05) is 25.6 Å². The van der Waals surface area contributed by atoms with Crippen LogP contribution in [-0.2, 0) is 21.4 Å². The highest BCUT2D eigenvalue weighted by Gasteiger charge is 2.30. The fourth-order valence-electron chi connectivity index (χ4n) is 2.15. The van der Waals surface area contributed by atoms with Crippen LogP contribution in [0.3, 0.4) is 0 Å². The van der Waals surface area contributed by atoms with E-state index in [1.54, 1.807) is 24.3 Å². The molecule has 1 saturated heterocycles. The van der Waals surface area contributed by atoms with Gasteiger partial charge in [0.15, 0.2) is 0 Å². The minimum atomic E-state index is -3.48. The summed E-state index contributed by atoms with van der Waals surface area (Å²) in [6, 6.07) is 6.59. The maximum atomic E-state index is 12.3. The normalized spacial score (nSPS) is 17.3. The predicted octanol–water partition coefficient (Wildman–Crippen LogP) is 0.889. The van der Waals surface area contributed by atoms with Crippen molar-refractivity contribution in [2.45, 2.75) is 26.3 Å². The second-order valence-electron chi connectivity index (χ2n) is 5.01.